The van der Waals surface area contributed by atoms with Crippen LogP contribution in [-0.2, 0) is 14.3 Å². The standard InChI is InChI=1S/C27H42O4/c1-2-3-4-5-6-7-8-9-13-16-26(28)30-21-23-17-19-24(20-18-23)22-31-27(29)25-14-11-10-12-15-25/h10-12,14-15,23-24H,2-9,13,16-22H2,1H3. The predicted molar refractivity (Wildman–Crippen MR) is 125 cm³/mol. The molecule has 1 aliphatic carbocycles. The van der Waals surface area contributed by atoms with Gasteiger partial charge in [-0.25, -0.2) is 4.79 Å². The highest BCUT2D eigenvalue weighted by Crippen LogP contribution is 2.29. The molecule has 4 nitrogen and oxygen atoms in total. The number of hydrogen-bond acceptors (Lipinski definition) is 4. The van der Waals surface area contributed by atoms with E-state index in [-0.39, 0.29) is 11.9 Å². The van der Waals surface area contributed by atoms with Crippen molar-refractivity contribution in [3.05, 3.63) is 35.9 Å². The fraction of sp³-hybridized carbons (Fsp3) is 0.704. The summed E-state index contributed by atoms with van der Waals surface area (Å²) in [6, 6.07) is 9.14. The van der Waals surface area contributed by atoms with Crippen LogP contribution < -0.4 is 0 Å². The normalized spacial score (nSPS) is 18.5. The molecule has 0 aliphatic heterocycles. The van der Waals surface area contributed by atoms with E-state index in [9.17, 15) is 9.59 Å². The van der Waals surface area contributed by atoms with Crippen LogP contribution in [0.5, 0.6) is 0 Å². The van der Waals surface area contributed by atoms with Crippen LogP contribution in [0.1, 0.15) is 107 Å². The lowest BCUT2D eigenvalue weighted by molar-refractivity contribution is -0.145. The van der Waals surface area contributed by atoms with Gasteiger partial charge in [-0.15, -0.1) is 0 Å². The minimum Gasteiger partial charge on any atom is -0.465 e. The first-order valence-electron chi connectivity index (χ1n) is 12.6. The third-order valence-electron chi connectivity index (χ3n) is 6.39. The Hall–Kier alpha value is -1.84. The van der Waals surface area contributed by atoms with E-state index in [1.165, 1.54) is 44.9 Å². The second-order valence-corrected chi connectivity index (χ2v) is 9.11. The van der Waals surface area contributed by atoms with Gasteiger partial charge in [-0.2, -0.15) is 0 Å². The van der Waals surface area contributed by atoms with E-state index in [4.69, 9.17) is 9.47 Å². The van der Waals surface area contributed by atoms with E-state index >= 15 is 0 Å². The largest absolute Gasteiger partial charge is 0.465 e. The maximum atomic E-state index is 12.0. The summed E-state index contributed by atoms with van der Waals surface area (Å²) < 4.78 is 11.0. The Morgan fingerprint density at radius 3 is 1.84 bits per heavy atom. The van der Waals surface area contributed by atoms with Crippen LogP contribution in [0.15, 0.2) is 30.3 Å². The number of esters is 2. The van der Waals surface area contributed by atoms with E-state index < -0.39 is 0 Å². The van der Waals surface area contributed by atoms with Crippen molar-refractivity contribution in [1.29, 1.82) is 0 Å². The van der Waals surface area contributed by atoms with Crippen LogP contribution in [0, 0.1) is 11.8 Å². The highest BCUT2D eigenvalue weighted by molar-refractivity contribution is 5.89. The van der Waals surface area contributed by atoms with Crippen molar-refractivity contribution in [2.75, 3.05) is 13.2 Å². The summed E-state index contributed by atoms with van der Waals surface area (Å²) in [5, 5.41) is 0. The van der Waals surface area contributed by atoms with Gasteiger partial charge in [0, 0.05) is 6.42 Å². The molecule has 1 aliphatic rings. The Morgan fingerprint density at radius 2 is 1.26 bits per heavy atom. The van der Waals surface area contributed by atoms with E-state index in [1.54, 1.807) is 12.1 Å². The van der Waals surface area contributed by atoms with Crippen molar-refractivity contribution in [2.24, 2.45) is 11.8 Å². The number of benzene rings is 1. The molecule has 31 heavy (non-hydrogen) atoms. The molecule has 0 atom stereocenters. The van der Waals surface area contributed by atoms with Crippen molar-refractivity contribution in [3.63, 3.8) is 0 Å². The fourth-order valence-electron chi connectivity index (χ4n) is 4.28. The minimum absolute atomic E-state index is 0.0399. The van der Waals surface area contributed by atoms with Crippen molar-refractivity contribution < 1.29 is 19.1 Å². The van der Waals surface area contributed by atoms with Crippen LogP contribution in [0.3, 0.4) is 0 Å². The molecule has 0 N–H and O–H groups in total. The number of rotatable bonds is 15. The van der Waals surface area contributed by atoms with Crippen LogP contribution in [0.25, 0.3) is 0 Å². The third-order valence-corrected chi connectivity index (χ3v) is 6.39. The first-order valence-corrected chi connectivity index (χ1v) is 12.6. The summed E-state index contributed by atoms with van der Waals surface area (Å²) in [4.78, 5) is 24.0. The summed E-state index contributed by atoms with van der Waals surface area (Å²) in [5.41, 5.74) is 0.607. The maximum absolute atomic E-state index is 12.0. The molecule has 2 rings (SSSR count). The number of unbranched alkanes of at least 4 members (excludes halogenated alkanes) is 8. The monoisotopic (exact) mass is 430 g/mol. The molecule has 0 bridgehead atoms. The lowest BCUT2D eigenvalue weighted by Gasteiger charge is -2.27. The summed E-state index contributed by atoms with van der Waals surface area (Å²) >= 11 is 0. The van der Waals surface area contributed by atoms with Crippen LogP contribution in [-0.4, -0.2) is 25.2 Å². The molecule has 1 saturated carbocycles. The predicted octanol–water partition coefficient (Wildman–Crippen LogP) is 7.11. The topological polar surface area (TPSA) is 52.6 Å². The molecule has 0 amide bonds. The van der Waals surface area contributed by atoms with Gasteiger partial charge in [-0.1, -0.05) is 76.5 Å². The zero-order chi connectivity index (χ0) is 22.2. The Morgan fingerprint density at radius 1 is 0.742 bits per heavy atom. The molecule has 0 saturated heterocycles. The lowest BCUT2D eigenvalue weighted by atomic mass is 9.83. The van der Waals surface area contributed by atoms with Crippen molar-refractivity contribution >= 4 is 11.9 Å². The highest BCUT2D eigenvalue weighted by atomic mass is 16.5. The summed E-state index contributed by atoms with van der Waals surface area (Å²) in [6.07, 6.45) is 16.0. The molecule has 0 spiro atoms. The molecule has 1 fully saturated rings. The second-order valence-electron chi connectivity index (χ2n) is 9.11. The molecule has 4 heteroatoms. The molecular weight excluding hydrogens is 388 g/mol. The second kappa shape index (κ2) is 15.9. The number of hydrogen-bond donors (Lipinski definition) is 0. The summed E-state index contributed by atoms with van der Waals surface area (Å²) in [7, 11) is 0. The highest BCUT2D eigenvalue weighted by Gasteiger charge is 2.23. The smallest absolute Gasteiger partial charge is 0.338 e. The molecule has 174 valence electrons. The van der Waals surface area contributed by atoms with Gasteiger partial charge in [0.25, 0.3) is 0 Å². The Labute approximate surface area is 189 Å². The number of carbonyl (C=O) groups excluding carboxylic acids is 2. The van der Waals surface area contributed by atoms with E-state index in [0.29, 0.717) is 37.0 Å². The number of carbonyl (C=O) groups is 2. The molecular formula is C27H42O4. The maximum Gasteiger partial charge on any atom is 0.338 e. The minimum atomic E-state index is -0.242. The third kappa shape index (κ3) is 11.4. The Balaban J connectivity index is 1.44. The molecule has 1 aromatic carbocycles. The van der Waals surface area contributed by atoms with Crippen LogP contribution in [0.2, 0.25) is 0 Å². The van der Waals surface area contributed by atoms with Gasteiger partial charge in [0.1, 0.15) is 0 Å². The SMILES string of the molecule is CCCCCCCCCCCC(=O)OCC1CCC(COC(=O)c2ccccc2)CC1. The van der Waals surface area contributed by atoms with Gasteiger partial charge >= 0.3 is 11.9 Å². The van der Waals surface area contributed by atoms with Gasteiger partial charge in [0.2, 0.25) is 0 Å². The average molecular weight is 431 g/mol. The first-order chi connectivity index (χ1) is 15.2. The van der Waals surface area contributed by atoms with Crippen molar-refractivity contribution in [2.45, 2.75) is 96.8 Å². The Kier molecular flexibility index (Phi) is 13.0. The van der Waals surface area contributed by atoms with E-state index in [0.717, 1.165) is 38.5 Å². The average Bonchev–Trinajstić information content (AvgIpc) is 2.81. The zero-order valence-electron chi connectivity index (χ0n) is 19.5. The van der Waals surface area contributed by atoms with Gasteiger partial charge in [-0.05, 0) is 56.1 Å². The molecule has 0 aromatic heterocycles. The van der Waals surface area contributed by atoms with Crippen LogP contribution in [0.4, 0.5) is 0 Å². The van der Waals surface area contributed by atoms with Gasteiger partial charge in [0.05, 0.1) is 18.8 Å². The first kappa shape index (κ1) is 25.4. The zero-order valence-corrected chi connectivity index (χ0v) is 19.5. The molecule has 0 radical (unpaired) electrons. The van der Waals surface area contributed by atoms with Crippen molar-refractivity contribution in [1.82, 2.24) is 0 Å². The summed E-state index contributed by atoms with van der Waals surface area (Å²) in [5.74, 6) is 0.588. The quantitative estimate of drug-likeness (QED) is 0.220. The fourth-order valence-corrected chi connectivity index (χ4v) is 4.28. The lowest BCUT2D eigenvalue weighted by Crippen LogP contribution is -2.23. The molecule has 0 heterocycles. The van der Waals surface area contributed by atoms with Crippen molar-refractivity contribution in [3.8, 4) is 0 Å². The molecule has 0 unspecified atom stereocenters. The van der Waals surface area contributed by atoms with Gasteiger partial charge in [0.15, 0.2) is 0 Å². The van der Waals surface area contributed by atoms with Crippen LogP contribution >= 0.6 is 0 Å². The molecule has 1 aromatic rings. The van der Waals surface area contributed by atoms with Gasteiger partial charge < -0.3 is 9.47 Å². The van der Waals surface area contributed by atoms with E-state index in [1.807, 2.05) is 18.2 Å². The van der Waals surface area contributed by atoms with Gasteiger partial charge in [-0.3, -0.25) is 4.79 Å². The summed E-state index contributed by atoms with van der Waals surface area (Å²) in [6.45, 7) is 3.28. The Bertz CT molecular complexity index is 605. The number of ether oxygens (including phenoxy) is 2. The van der Waals surface area contributed by atoms with E-state index in [2.05, 4.69) is 6.92 Å².